The van der Waals surface area contributed by atoms with Crippen LogP contribution in [0.1, 0.15) is 20.8 Å². The minimum absolute atomic E-state index is 0.145. The second kappa shape index (κ2) is 3.42. The normalized spacial score (nSPS) is 11.0. The van der Waals surface area contributed by atoms with Gasteiger partial charge in [-0.1, -0.05) is 19.9 Å². The highest BCUT2D eigenvalue weighted by molar-refractivity contribution is 5.90. The molecule has 0 saturated carbocycles. The lowest BCUT2D eigenvalue weighted by Crippen LogP contribution is -2.01. The van der Waals surface area contributed by atoms with E-state index >= 15 is 0 Å². The molecule has 0 atom stereocenters. The molecule has 0 aliphatic heterocycles. The molecule has 0 saturated heterocycles. The molecule has 0 aromatic carbocycles. The van der Waals surface area contributed by atoms with Gasteiger partial charge in [-0.15, -0.1) is 0 Å². The number of rotatable bonds is 2. The molecular formula is C7H12O. The number of ketones is 1. The van der Waals surface area contributed by atoms with Gasteiger partial charge in [0, 0.05) is 5.92 Å². The fourth-order valence-corrected chi connectivity index (χ4v) is 0.357. The summed E-state index contributed by atoms with van der Waals surface area (Å²) in [5.74, 6) is 0.346. The summed E-state index contributed by atoms with van der Waals surface area (Å²) in [5, 5.41) is 0. The van der Waals surface area contributed by atoms with Crippen molar-refractivity contribution < 1.29 is 4.79 Å². The van der Waals surface area contributed by atoms with Crippen LogP contribution in [-0.4, -0.2) is 5.78 Å². The zero-order valence-corrected chi connectivity index (χ0v) is 5.64. The molecule has 0 amide bonds. The van der Waals surface area contributed by atoms with Crippen molar-refractivity contribution in [2.75, 3.05) is 0 Å². The molecule has 46 valence electrons. The van der Waals surface area contributed by atoms with Gasteiger partial charge < -0.3 is 0 Å². The Morgan fingerprint density at radius 3 is 2.12 bits per heavy atom. The molecule has 0 rings (SSSR count). The van der Waals surface area contributed by atoms with E-state index in [0.717, 1.165) is 0 Å². The van der Waals surface area contributed by atoms with E-state index < -0.39 is 0 Å². The predicted molar refractivity (Wildman–Crippen MR) is 34.7 cm³/mol. The third-order valence-corrected chi connectivity index (χ3v) is 0.900. The Bertz CT molecular complexity index is 101. The molecule has 0 aromatic rings. The fraction of sp³-hybridized carbons (Fsp3) is 0.571. The number of hydrogen-bond donors (Lipinski definition) is 0. The van der Waals surface area contributed by atoms with E-state index in [1.807, 2.05) is 20.8 Å². The number of allylic oxidation sites excluding steroid dienone is 2. The lowest BCUT2D eigenvalue weighted by atomic mass is 10.1. The predicted octanol–water partition coefficient (Wildman–Crippen LogP) is 1.79. The van der Waals surface area contributed by atoms with E-state index in [1.54, 1.807) is 12.2 Å². The van der Waals surface area contributed by atoms with Crippen molar-refractivity contribution in [2.45, 2.75) is 20.8 Å². The highest BCUT2D eigenvalue weighted by atomic mass is 16.1. The third kappa shape index (κ3) is 2.56. The largest absolute Gasteiger partial charge is 0.295 e. The molecular weight excluding hydrogens is 100 g/mol. The lowest BCUT2D eigenvalue weighted by molar-refractivity contribution is -0.117. The minimum Gasteiger partial charge on any atom is -0.295 e. The smallest absolute Gasteiger partial charge is 0.157 e. The van der Waals surface area contributed by atoms with Crippen LogP contribution in [0, 0.1) is 5.92 Å². The Morgan fingerprint density at radius 1 is 1.50 bits per heavy atom. The molecule has 0 bridgehead atoms. The summed E-state index contributed by atoms with van der Waals surface area (Å²) in [7, 11) is 0. The van der Waals surface area contributed by atoms with Gasteiger partial charge in [0.2, 0.25) is 0 Å². The van der Waals surface area contributed by atoms with Gasteiger partial charge in [0.15, 0.2) is 5.78 Å². The molecule has 0 fully saturated rings. The van der Waals surface area contributed by atoms with E-state index in [2.05, 4.69) is 0 Å². The molecule has 0 N–H and O–H groups in total. The van der Waals surface area contributed by atoms with Crippen LogP contribution >= 0.6 is 0 Å². The zero-order valence-electron chi connectivity index (χ0n) is 5.64. The van der Waals surface area contributed by atoms with Crippen LogP contribution in [0.25, 0.3) is 0 Å². The van der Waals surface area contributed by atoms with E-state index in [9.17, 15) is 4.79 Å². The summed E-state index contributed by atoms with van der Waals surface area (Å²) in [5.41, 5.74) is 0. The molecule has 0 unspecified atom stereocenters. The van der Waals surface area contributed by atoms with E-state index in [-0.39, 0.29) is 11.7 Å². The summed E-state index contributed by atoms with van der Waals surface area (Å²) in [4.78, 5) is 10.7. The Balaban J connectivity index is 3.66. The monoisotopic (exact) mass is 112 g/mol. The van der Waals surface area contributed by atoms with Gasteiger partial charge in [-0.2, -0.15) is 0 Å². The summed E-state index contributed by atoms with van der Waals surface area (Å²) >= 11 is 0. The topological polar surface area (TPSA) is 17.1 Å². The van der Waals surface area contributed by atoms with Crippen molar-refractivity contribution in [3.05, 3.63) is 12.2 Å². The SMILES string of the molecule is C/C=C\C(=O)C(C)C. The van der Waals surface area contributed by atoms with E-state index in [0.29, 0.717) is 0 Å². The van der Waals surface area contributed by atoms with Crippen LogP contribution in [0.5, 0.6) is 0 Å². The first-order valence-electron chi connectivity index (χ1n) is 2.85. The molecule has 1 heteroatoms. The second-order valence-electron chi connectivity index (χ2n) is 2.06. The van der Waals surface area contributed by atoms with E-state index in [1.165, 1.54) is 0 Å². The second-order valence-corrected chi connectivity index (χ2v) is 2.06. The number of carbonyl (C=O) groups excluding carboxylic acids is 1. The fourth-order valence-electron chi connectivity index (χ4n) is 0.357. The van der Waals surface area contributed by atoms with Gasteiger partial charge in [-0.25, -0.2) is 0 Å². The molecule has 1 nitrogen and oxygen atoms in total. The Kier molecular flexibility index (Phi) is 3.16. The molecule has 0 aromatic heterocycles. The third-order valence-electron chi connectivity index (χ3n) is 0.900. The Morgan fingerprint density at radius 2 is 2.00 bits per heavy atom. The van der Waals surface area contributed by atoms with Gasteiger partial charge in [-0.3, -0.25) is 4.79 Å². The lowest BCUT2D eigenvalue weighted by Gasteiger charge is -1.93. The van der Waals surface area contributed by atoms with Crippen molar-refractivity contribution in [3.8, 4) is 0 Å². The van der Waals surface area contributed by atoms with Crippen molar-refractivity contribution >= 4 is 5.78 Å². The summed E-state index contributed by atoms with van der Waals surface area (Å²) < 4.78 is 0. The van der Waals surface area contributed by atoms with Crippen LogP contribution < -0.4 is 0 Å². The highest BCUT2D eigenvalue weighted by Crippen LogP contribution is 1.93. The Hall–Kier alpha value is -0.590. The standard InChI is InChI=1S/C7H12O/c1-4-5-7(8)6(2)3/h4-6H,1-3H3/b5-4-. The highest BCUT2D eigenvalue weighted by Gasteiger charge is 1.99. The summed E-state index contributed by atoms with van der Waals surface area (Å²) in [6.07, 6.45) is 3.37. The maximum Gasteiger partial charge on any atom is 0.157 e. The molecule has 0 spiro atoms. The quantitative estimate of drug-likeness (QED) is 0.498. The van der Waals surface area contributed by atoms with Crippen molar-refractivity contribution in [2.24, 2.45) is 5.92 Å². The summed E-state index contributed by atoms with van der Waals surface area (Å²) in [6, 6.07) is 0. The first kappa shape index (κ1) is 7.41. The molecule has 0 aliphatic rings. The van der Waals surface area contributed by atoms with Crippen molar-refractivity contribution in [1.29, 1.82) is 0 Å². The van der Waals surface area contributed by atoms with Gasteiger partial charge in [-0.05, 0) is 13.0 Å². The average Bonchev–Trinajstić information content (AvgIpc) is 1.67. The van der Waals surface area contributed by atoms with Gasteiger partial charge in [0.05, 0.1) is 0 Å². The number of carbonyl (C=O) groups is 1. The number of hydrogen-bond acceptors (Lipinski definition) is 1. The summed E-state index contributed by atoms with van der Waals surface area (Å²) in [6.45, 7) is 5.63. The van der Waals surface area contributed by atoms with Gasteiger partial charge in [0.1, 0.15) is 0 Å². The van der Waals surface area contributed by atoms with E-state index in [4.69, 9.17) is 0 Å². The minimum atomic E-state index is 0.145. The zero-order chi connectivity index (χ0) is 6.57. The Labute approximate surface area is 50.4 Å². The molecule has 0 heterocycles. The molecule has 0 radical (unpaired) electrons. The van der Waals surface area contributed by atoms with Crippen LogP contribution in [0.15, 0.2) is 12.2 Å². The average molecular weight is 112 g/mol. The first-order valence-corrected chi connectivity index (χ1v) is 2.85. The first-order chi connectivity index (χ1) is 3.68. The van der Waals surface area contributed by atoms with Gasteiger partial charge in [0.25, 0.3) is 0 Å². The van der Waals surface area contributed by atoms with Crippen molar-refractivity contribution in [1.82, 2.24) is 0 Å². The van der Waals surface area contributed by atoms with Crippen LogP contribution in [0.2, 0.25) is 0 Å². The molecule has 8 heavy (non-hydrogen) atoms. The van der Waals surface area contributed by atoms with Crippen LogP contribution in [0.3, 0.4) is 0 Å². The maximum atomic E-state index is 10.7. The van der Waals surface area contributed by atoms with Crippen molar-refractivity contribution in [3.63, 3.8) is 0 Å². The van der Waals surface area contributed by atoms with Gasteiger partial charge >= 0.3 is 0 Å². The maximum absolute atomic E-state index is 10.7. The van der Waals surface area contributed by atoms with Crippen LogP contribution in [-0.2, 0) is 4.79 Å². The van der Waals surface area contributed by atoms with Crippen LogP contribution in [0.4, 0.5) is 0 Å². The molecule has 0 aliphatic carbocycles.